The normalized spacial score (nSPS) is 14.9. The third-order valence-electron chi connectivity index (χ3n) is 3.35. The van der Waals surface area contributed by atoms with Crippen molar-refractivity contribution < 1.29 is 14.6 Å². The Hall–Kier alpha value is -1.71. The van der Waals surface area contributed by atoms with Gasteiger partial charge in [-0.05, 0) is 49.4 Å². The molecule has 0 bridgehead atoms. The molecule has 0 aromatic heterocycles. The number of phenols is 1. The van der Waals surface area contributed by atoms with E-state index in [4.69, 9.17) is 4.74 Å². The van der Waals surface area contributed by atoms with E-state index in [-0.39, 0.29) is 6.09 Å². The minimum Gasteiger partial charge on any atom is -0.508 e. The molecule has 4 heteroatoms. The van der Waals surface area contributed by atoms with Crippen molar-refractivity contribution in [2.75, 3.05) is 19.7 Å². The first-order valence-electron chi connectivity index (χ1n) is 6.35. The lowest BCUT2D eigenvalue weighted by atomic mass is 10.00. The molecule has 1 N–H and O–H groups in total. The Morgan fingerprint density at radius 3 is 2.56 bits per heavy atom. The van der Waals surface area contributed by atoms with Crippen LogP contribution in [0.15, 0.2) is 12.1 Å². The first-order valence-corrected chi connectivity index (χ1v) is 6.35. The maximum atomic E-state index is 11.7. The molecule has 0 atom stereocenters. The van der Waals surface area contributed by atoms with Crippen molar-refractivity contribution in [3.63, 3.8) is 0 Å². The molecule has 1 aliphatic heterocycles. The second-order valence-corrected chi connectivity index (χ2v) is 4.59. The van der Waals surface area contributed by atoms with Gasteiger partial charge in [-0.3, -0.25) is 0 Å². The standard InChI is InChI=1S/C14H19NO3/c1-3-18-14(17)15-6-4-11-8-10(2)13(16)9-12(11)5-7-15/h8-9,16H,3-7H2,1-2H3. The number of amides is 1. The molecule has 0 radical (unpaired) electrons. The lowest BCUT2D eigenvalue weighted by Gasteiger charge is -2.18. The third-order valence-corrected chi connectivity index (χ3v) is 3.35. The van der Waals surface area contributed by atoms with Gasteiger partial charge in [0.2, 0.25) is 0 Å². The molecule has 4 nitrogen and oxygen atoms in total. The molecule has 0 spiro atoms. The van der Waals surface area contributed by atoms with Crippen molar-refractivity contribution in [3.05, 3.63) is 28.8 Å². The number of aryl methyl sites for hydroxylation is 1. The molecule has 1 aromatic carbocycles. The molecule has 2 rings (SSSR count). The van der Waals surface area contributed by atoms with Crippen LogP contribution in [0.5, 0.6) is 5.75 Å². The molecule has 98 valence electrons. The van der Waals surface area contributed by atoms with E-state index in [1.165, 1.54) is 5.56 Å². The van der Waals surface area contributed by atoms with Gasteiger partial charge < -0.3 is 14.7 Å². The van der Waals surface area contributed by atoms with Crippen LogP contribution in [0.2, 0.25) is 0 Å². The van der Waals surface area contributed by atoms with Gasteiger partial charge in [-0.25, -0.2) is 4.79 Å². The molecule has 0 aliphatic carbocycles. The lowest BCUT2D eigenvalue weighted by molar-refractivity contribution is 0.109. The number of benzene rings is 1. The van der Waals surface area contributed by atoms with Crippen LogP contribution in [0.25, 0.3) is 0 Å². The predicted octanol–water partition coefficient (Wildman–Crippen LogP) is 2.26. The number of hydrogen-bond donors (Lipinski definition) is 1. The fraction of sp³-hybridized carbons (Fsp3) is 0.500. The highest BCUT2D eigenvalue weighted by atomic mass is 16.6. The van der Waals surface area contributed by atoms with Crippen LogP contribution in [0.1, 0.15) is 23.6 Å². The van der Waals surface area contributed by atoms with Crippen molar-refractivity contribution in [3.8, 4) is 5.75 Å². The minimum atomic E-state index is -0.244. The van der Waals surface area contributed by atoms with E-state index in [2.05, 4.69) is 0 Å². The Bertz CT molecular complexity index is 424. The van der Waals surface area contributed by atoms with E-state index < -0.39 is 0 Å². The van der Waals surface area contributed by atoms with E-state index in [0.29, 0.717) is 25.4 Å². The fourth-order valence-corrected chi connectivity index (χ4v) is 2.28. The second-order valence-electron chi connectivity index (χ2n) is 4.59. The lowest BCUT2D eigenvalue weighted by Crippen LogP contribution is -2.33. The summed E-state index contributed by atoms with van der Waals surface area (Å²) in [5, 5.41) is 9.72. The quantitative estimate of drug-likeness (QED) is 0.830. The van der Waals surface area contributed by atoms with Gasteiger partial charge in [-0.2, -0.15) is 0 Å². The number of hydrogen-bond acceptors (Lipinski definition) is 3. The van der Waals surface area contributed by atoms with E-state index in [1.807, 2.05) is 26.0 Å². The second kappa shape index (κ2) is 5.29. The van der Waals surface area contributed by atoms with Crippen molar-refractivity contribution in [1.82, 2.24) is 4.90 Å². The number of rotatable bonds is 1. The van der Waals surface area contributed by atoms with Crippen LogP contribution in [0.3, 0.4) is 0 Å². The average Bonchev–Trinajstić information content (AvgIpc) is 2.53. The Labute approximate surface area is 107 Å². The number of ether oxygens (including phenoxy) is 1. The van der Waals surface area contributed by atoms with E-state index in [1.54, 1.807) is 4.90 Å². The van der Waals surface area contributed by atoms with Crippen molar-refractivity contribution >= 4 is 6.09 Å². The highest BCUT2D eigenvalue weighted by Crippen LogP contribution is 2.25. The smallest absolute Gasteiger partial charge is 0.409 e. The maximum absolute atomic E-state index is 11.7. The van der Waals surface area contributed by atoms with Gasteiger partial charge in [-0.1, -0.05) is 6.07 Å². The monoisotopic (exact) mass is 249 g/mol. The number of carbonyl (C=O) groups excluding carboxylic acids is 1. The number of aromatic hydroxyl groups is 1. The highest BCUT2D eigenvalue weighted by Gasteiger charge is 2.19. The molecule has 0 fully saturated rings. The topological polar surface area (TPSA) is 49.8 Å². The fourth-order valence-electron chi connectivity index (χ4n) is 2.28. The third kappa shape index (κ3) is 2.58. The molecule has 0 unspecified atom stereocenters. The summed E-state index contributed by atoms with van der Waals surface area (Å²) in [7, 11) is 0. The van der Waals surface area contributed by atoms with E-state index in [9.17, 15) is 9.90 Å². The summed E-state index contributed by atoms with van der Waals surface area (Å²) in [6.45, 7) is 5.43. The summed E-state index contributed by atoms with van der Waals surface area (Å²) in [5.74, 6) is 0.332. The summed E-state index contributed by atoms with van der Waals surface area (Å²) < 4.78 is 5.02. The summed E-state index contributed by atoms with van der Waals surface area (Å²) >= 11 is 0. The Morgan fingerprint density at radius 2 is 1.94 bits per heavy atom. The van der Waals surface area contributed by atoms with Crippen molar-refractivity contribution in [2.45, 2.75) is 26.7 Å². The highest BCUT2D eigenvalue weighted by molar-refractivity contribution is 5.67. The zero-order chi connectivity index (χ0) is 13.1. The van der Waals surface area contributed by atoms with Gasteiger partial charge >= 0.3 is 6.09 Å². The van der Waals surface area contributed by atoms with E-state index >= 15 is 0 Å². The maximum Gasteiger partial charge on any atom is 0.409 e. The van der Waals surface area contributed by atoms with Gasteiger partial charge in [0.1, 0.15) is 5.75 Å². The zero-order valence-electron chi connectivity index (χ0n) is 10.9. The van der Waals surface area contributed by atoms with Crippen molar-refractivity contribution in [2.24, 2.45) is 0 Å². The number of carbonyl (C=O) groups is 1. The van der Waals surface area contributed by atoms with Crippen LogP contribution in [0.4, 0.5) is 4.79 Å². The SMILES string of the molecule is CCOC(=O)N1CCc2cc(C)c(O)cc2CC1. The number of phenolic OH excluding ortho intramolecular Hbond substituents is 1. The van der Waals surface area contributed by atoms with Crippen LogP contribution >= 0.6 is 0 Å². The molecule has 0 saturated carbocycles. The largest absolute Gasteiger partial charge is 0.508 e. The molecule has 1 heterocycles. The molecular weight excluding hydrogens is 230 g/mol. The molecule has 1 aliphatic rings. The van der Waals surface area contributed by atoms with Gasteiger partial charge in [0.05, 0.1) is 6.61 Å². The van der Waals surface area contributed by atoms with Gasteiger partial charge in [0, 0.05) is 13.1 Å². The molecule has 0 saturated heterocycles. The van der Waals surface area contributed by atoms with Crippen LogP contribution < -0.4 is 0 Å². The Balaban J connectivity index is 2.14. The van der Waals surface area contributed by atoms with Crippen LogP contribution in [-0.2, 0) is 17.6 Å². The van der Waals surface area contributed by atoms with Gasteiger partial charge in [0.15, 0.2) is 0 Å². The van der Waals surface area contributed by atoms with Crippen LogP contribution in [-0.4, -0.2) is 35.8 Å². The molecular formula is C14H19NO3. The first-order chi connectivity index (χ1) is 8.61. The van der Waals surface area contributed by atoms with Gasteiger partial charge in [0.25, 0.3) is 0 Å². The Kier molecular flexibility index (Phi) is 3.75. The number of fused-ring (bicyclic) bond motifs is 1. The summed E-state index contributed by atoms with van der Waals surface area (Å²) in [6.07, 6.45) is 1.34. The zero-order valence-corrected chi connectivity index (χ0v) is 10.9. The average molecular weight is 249 g/mol. The van der Waals surface area contributed by atoms with Gasteiger partial charge in [-0.15, -0.1) is 0 Å². The van der Waals surface area contributed by atoms with Crippen molar-refractivity contribution in [1.29, 1.82) is 0 Å². The first kappa shape index (κ1) is 12.7. The summed E-state index contributed by atoms with van der Waals surface area (Å²) in [5.41, 5.74) is 3.24. The molecule has 1 amide bonds. The summed E-state index contributed by atoms with van der Waals surface area (Å²) in [6, 6.07) is 3.83. The number of nitrogens with zero attached hydrogens (tertiary/aromatic N) is 1. The predicted molar refractivity (Wildman–Crippen MR) is 68.8 cm³/mol. The minimum absolute atomic E-state index is 0.244. The molecule has 18 heavy (non-hydrogen) atoms. The summed E-state index contributed by atoms with van der Waals surface area (Å²) in [4.78, 5) is 13.4. The Morgan fingerprint density at radius 1 is 1.33 bits per heavy atom. The van der Waals surface area contributed by atoms with Crippen LogP contribution in [0, 0.1) is 6.92 Å². The van der Waals surface area contributed by atoms with E-state index in [0.717, 1.165) is 24.0 Å². The molecule has 1 aromatic rings.